The zero-order valence-corrected chi connectivity index (χ0v) is 16.0. The van der Waals surface area contributed by atoms with Gasteiger partial charge in [0.1, 0.15) is 5.82 Å². The minimum Gasteiger partial charge on any atom is -0.385 e. The number of anilines is 2. The molecule has 4 rings (SSSR count). The lowest BCUT2D eigenvalue weighted by molar-refractivity contribution is 0.0850. The van der Waals surface area contributed by atoms with Crippen LogP contribution in [0.2, 0.25) is 0 Å². The van der Waals surface area contributed by atoms with Crippen molar-refractivity contribution in [1.29, 1.82) is 0 Å². The average Bonchev–Trinajstić information content (AvgIpc) is 3.03. The maximum absolute atomic E-state index is 13.3. The van der Waals surface area contributed by atoms with Crippen LogP contribution in [0.25, 0.3) is 0 Å². The Morgan fingerprint density at radius 1 is 1.37 bits per heavy atom. The molecule has 0 radical (unpaired) electrons. The van der Waals surface area contributed by atoms with Gasteiger partial charge in [0.05, 0.1) is 23.9 Å². The molecule has 0 bridgehead atoms. The van der Waals surface area contributed by atoms with E-state index >= 15 is 0 Å². The number of rotatable bonds is 3. The molecule has 2 aliphatic heterocycles. The van der Waals surface area contributed by atoms with E-state index < -0.39 is 10.0 Å². The molecule has 2 aromatic rings. The van der Waals surface area contributed by atoms with Gasteiger partial charge in [-0.05, 0) is 31.4 Å². The Labute approximate surface area is 158 Å². The van der Waals surface area contributed by atoms with E-state index in [4.69, 9.17) is 5.73 Å². The van der Waals surface area contributed by atoms with Crippen molar-refractivity contribution in [2.45, 2.75) is 32.2 Å². The highest BCUT2D eigenvalue weighted by atomic mass is 32.2. The van der Waals surface area contributed by atoms with Crippen molar-refractivity contribution in [2.24, 2.45) is 0 Å². The van der Waals surface area contributed by atoms with Gasteiger partial charge in [-0.1, -0.05) is 18.2 Å². The molecule has 8 nitrogen and oxygen atoms in total. The van der Waals surface area contributed by atoms with Crippen molar-refractivity contribution < 1.29 is 13.2 Å². The van der Waals surface area contributed by atoms with Crippen molar-refractivity contribution in [1.82, 2.24) is 14.1 Å². The first-order chi connectivity index (χ1) is 12.9. The number of nitrogens with two attached hydrogens (primary N) is 1. The fraction of sp³-hybridized carbons (Fsp3) is 0.444. The van der Waals surface area contributed by atoms with E-state index in [2.05, 4.69) is 10.4 Å². The topological polar surface area (TPSA) is 110 Å². The number of sulfonamides is 1. The van der Waals surface area contributed by atoms with Gasteiger partial charge in [-0.2, -0.15) is 4.31 Å². The second kappa shape index (κ2) is 6.65. The Balaban J connectivity index is 1.72. The van der Waals surface area contributed by atoms with Crippen LogP contribution in [0.4, 0.5) is 11.5 Å². The fourth-order valence-corrected chi connectivity index (χ4v) is 4.95. The first kappa shape index (κ1) is 18.0. The van der Waals surface area contributed by atoms with E-state index in [1.165, 1.54) is 8.99 Å². The number of hydrogen-bond acceptors (Lipinski definition) is 6. The Bertz CT molecular complexity index is 998. The van der Waals surface area contributed by atoms with Crippen LogP contribution in [0.1, 0.15) is 40.9 Å². The lowest BCUT2D eigenvalue weighted by Gasteiger charge is -2.28. The number of nitrogens with one attached hydrogen (secondary N) is 1. The third-order valence-electron chi connectivity index (χ3n) is 5.41. The molecule has 0 spiro atoms. The average molecular weight is 389 g/mol. The molecule has 1 unspecified atom stereocenters. The minimum atomic E-state index is -3.34. The van der Waals surface area contributed by atoms with Crippen LogP contribution in [-0.2, 0) is 23.0 Å². The van der Waals surface area contributed by atoms with Gasteiger partial charge < -0.3 is 11.1 Å². The molecule has 0 aliphatic carbocycles. The SMILES string of the molecule is CCS(=O)(=O)N1CCc2c(N)nn(C(=O)C3CCNc4ccccc43)c2C1. The van der Waals surface area contributed by atoms with E-state index in [0.717, 1.165) is 16.8 Å². The molecule has 9 heteroatoms. The van der Waals surface area contributed by atoms with Crippen molar-refractivity contribution in [3.05, 3.63) is 41.1 Å². The predicted molar refractivity (Wildman–Crippen MR) is 103 cm³/mol. The summed E-state index contributed by atoms with van der Waals surface area (Å²) in [4.78, 5) is 13.3. The van der Waals surface area contributed by atoms with Crippen LogP contribution in [0, 0.1) is 0 Å². The number of para-hydroxylation sites is 1. The Hall–Kier alpha value is -2.39. The number of fused-ring (bicyclic) bond motifs is 2. The van der Waals surface area contributed by atoms with Gasteiger partial charge in [0.25, 0.3) is 5.91 Å². The highest BCUT2D eigenvalue weighted by molar-refractivity contribution is 7.89. The molecular formula is C18H23N5O3S. The molecule has 3 heterocycles. The van der Waals surface area contributed by atoms with Crippen LogP contribution in [-0.4, -0.2) is 47.3 Å². The largest absolute Gasteiger partial charge is 0.385 e. The van der Waals surface area contributed by atoms with Crippen molar-refractivity contribution in [3.63, 3.8) is 0 Å². The quantitative estimate of drug-likeness (QED) is 0.821. The number of hydrogen-bond donors (Lipinski definition) is 2. The number of carbonyl (C=O) groups is 1. The van der Waals surface area contributed by atoms with Crippen LogP contribution in [0.3, 0.4) is 0 Å². The molecule has 1 aromatic heterocycles. The summed E-state index contributed by atoms with van der Waals surface area (Å²) in [6.45, 7) is 2.81. The van der Waals surface area contributed by atoms with Crippen molar-refractivity contribution in [2.75, 3.05) is 29.9 Å². The highest BCUT2D eigenvalue weighted by Crippen LogP contribution is 2.34. The highest BCUT2D eigenvalue weighted by Gasteiger charge is 2.34. The zero-order valence-electron chi connectivity index (χ0n) is 15.2. The Kier molecular flexibility index (Phi) is 4.43. The van der Waals surface area contributed by atoms with Crippen LogP contribution >= 0.6 is 0 Å². The molecule has 0 saturated carbocycles. The summed E-state index contributed by atoms with van der Waals surface area (Å²) in [6, 6.07) is 7.74. The molecule has 0 saturated heterocycles. The first-order valence-corrected chi connectivity index (χ1v) is 10.7. The minimum absolute atomic E-state index is 0.0293. The van der Waals surface area contributed by atoms with E-state index in [0.29, 0.717) is 37.4 Å². The number of aromatic nitrogens is 2. The van der Waals surface area contributed by atoms with Gasteiger partial charge in [-0.25, -0.2) is 13.1 Å². The molecule has 0 amide bonds. The van der Waals surface area contributed by atoms with Gasteiger partial charge in [-0.3, -0.25) is 4.79 Å². The van der Waals surface area contributed by atoms with Crippen LogP contribution < -0.4 is 11.1 Å². The molecular weight excluding hydrogens is 366 g/mol. The van der Waals surface area contributed by atoms with Crippen molar-refractivity contribution in [3.8, 4) is 0 Å². The standard InChI is InChI=1S/C18H23N5O3S/c1-2-27(25,26)22-10-8-14-16(11-22)23(21-17(14)19)18(24)13-7-9-20-15-6-4-3-5-12(13)15/h3-6,13,20H,2,7-11H2,1H3,(H2,19,21). The summed E-state index contributed by atoms with van der Waals surface area (Å²) in [5.41, 5.74) is 9.31. The maximum atomic E-state index is 13.3. The van der Waals surface area contributed by atoms with E-state index in [-0.39, 0.29) is 24.1 Å². The van der Waals surface area contributed by atoms with Gasteiger partial charge >= 0.3 is 0 Å². The lowest BCUT2D eigenvalue weighted by Crippen LogP contribution is -2.38. The fourth-order valence-electron chi connectivity index (χ4n) is 3.90. The monoisotopic (exact) mass is 389 g/mol. The van der Waals surface area contributed by atoms with Gasteiger partial charge in [0.15, 0.2) is 0 Å². The Morgan fingerprint density at radius 3 is 2.93 bits per heavy atom. The van der Waals surface area contributed by atoms with E-state index in [9.17, 15) is 13.2 Å². The van der Waals surface area contributed by atoms with E-state index in [1.54, 1.807) is 6.92 Å². The predicted octanol–water partition coefficient (Wildman–Crippen LogP) is 1.41. The summed E-state index contributed by atoms with van der Waals surface area (Å²) in [5, 5.41) is 7.59. The molecule has 1 aromatic carbocycles. The molecule has 144 valence electrons. The van der Waals surface area contributed by atoms with Crippen LogP contribution in [0.15, 0.2) is 24.3 Å². The zero-order chi connectivity index (χ0) is 19.2. The number of carbonyl (C=O) groups excluding carboxylic acids is 1. The van der Waals surface area contributed by atoms with Gasteiger partial charge in [0.2, 0.25) is 10.0 Å². The van der Waals surface area contributed by atoms with E-state index in [1.807, 2.05) is 24.3 Å². The normalized spacial score (nSPS) is 19.8. The summed E-state index contributed by atoms with van der Waals surface area (Å²) in [5.74, 6) is -0.146. The number of nitrogens with zero attached hydrogens (tertiary/aromatic N) is 3. The maximum Gasteiger partial charge on any atom is 0.254 e. The molecule has 27 heavy (non-hydrogen) atoms. The number of nitrogen functional groups attached to an aromatic ring is 1. The Morgan fingerprint density at radius 2 is 2.15 bits per heavy atom. The van der Waals surface area contributed by atoms with Crippen molar-refractivity contribution >= 4 is 27.4 Å². The first-order valence-electron chi connectivity index (χ1n) is 9.13. The summed E-state index contributed by atoms with van der Waals surface area (Å²) >= 11 is 0. The molecule has 2 aliphatic rings. The third kappa shape index (κ3) is 3.00. The third-order valence-corrected chi connectivity index (χ3v) is 7.24. The number of benzene rings is 1. The summed E-state index contributed by atoms with van der Waals surface area (Å²) in [7, 11) is -3.34. The smallest absolute Gasteiger partial charge is 0.254 e. The molecule has 3 N–H and O–H groups in total. The lowest BCUT2D eigenvalue weighted by atomic mass is 9.90. The molecule has 1 atom stereocenters. The molecule has 0 fully saturated rings. The summed E-state index contributed by atoms with van der Waals surface area (Å²) < 4.78 is 27.3. The van der Waals surface area contributed by atoms with Crippen LogP contribution in [0.5, 0.6) is 0 Å². The second-order valence-corrected chi connectivity index (χ2v) is 9.16. The summed E-state index contributed by atoms with van der Waals surface area (Å²) in [6.07, 6.45) is 1.12. The van der Waals surface area contributed by atoms with Gasteiger partial charge in [0, 0.05) is 24.3 Å². The second-order valence-electron chi connectivity index (χ2n) is 6.90. The van der Waals surface area contributed by atoms with Gasteiger partial charge in [-0.15, -0.1) is 5.10 Å².